The van der Waals surface area contributed by atoms with Gasteiger partial charge in [-0.15, -0.1) is 0 Å². The van der Waals surface area contributed by atoms with E-state index in [1.807, 2.05) is 0 Å². The largest absolute Gasteiger partial charge is 0.545 e. The molecule has 1 aromatic rings. The second-order valence-corrected chi connectivity index (χ2v) is 3.44. The smallest absolute Gasteiger partial charge is 0.308 e. The lowest BCUT2D eigenvalue weighted by Crippen LogP contribution is -2.23. The number of carboxylic acid groups (broad SMARTS) is 1. The van der Waals surface area contributed by atoms with E-state index in [1.54, 1.807) is 6.07 Å². The third-order valence-corrected chi connectivity index (χ3v) is 1.91. The highest BCUT2D eigenvalue weighted by Gasteiger charge is 2.07. The maximum absolute atomic E-state index is 10.6. The molecule has 1 rings (SSSR count). The topological polar surface area (TPSA) is 66.4 Å². The fourth-order valence-corrected chi connectivity index (χ4v) is 1.27. The summed E-state index contributed by atoms with van der Waals surface area (Å²) in [4.78, 5) is 21.3. The van der Waals surface area contributed by atoms with Crippen LogP contribution >= 0.6 is 15.9 Å². The van der Waals surface area contributed by atoms with E-state index < -0.39 is 11.9 Å². The normalized spacial score (nSPS) is 9.57. The Kier molecular flexibility index (Phi) is 3.24. The van der Waals surface area contributed by atoms with Crippen LogP contribution in [0.4, 0.5) is 0 Å². The summed E-state index contributed by atoms with van der Waals surface area (Å²) in [6.45, 7) is 1.20. The van der Waals surface area contributed by atoms with Crippen LogP contribution in [-0.2, 0) is 4.79 Å². The molecule has 0 N–H and O–H groups in total. The van der Waals surface area contributed by atoms with Crippen molar-refractivity contribution in [2.75, 3.05) is 0 Å². The molecule has 4 nitrogen and oxygen atoms in total. The van der Waals surface area contributed by atoms with E-state index in [4.69, 9.17) is 0 Å². The summed E-state index contributed by atoms with van der Waals surface area (Å²) < 4.78 is 5.26. The Labute approximate surface area is 88.6 Å². The van der Waals surface area contributed by atoms with Crippen molar-refractivity contribution in [1.29, 1.82) is 0 Å². The van der Waals surface area contributed by atoms with Crippen LogP contribution in [0.2, 0.25) is 0 Å². The molecule has 0 atom stereocenters. The number of carboxylic acids is 1. The predicted octanol–water partition coefficient (Wildman–Crippen LogP) is 0.738. The summed E-state index contributed by atoms with van der Waals surface area (Å²) in [5.74, 6) is -1.97. The summed E-state index contributed by atoms with van der Waals surface area (Å²) in [5.41, 5.74) is -0.158. The Bertz CT molecular complexity index is 386. The van der Waals surface area contributed by atoms with Crippen LogP contribution in [0.1, 0.15) is 17.3 Å². The molecule has 0 heterocycles. The van der Waals surface area contributed by atoms with Crippen LogP contribution in [0, 0.1) is 0 Å². The van der Waals surface area contributed by atoms with E-state index in [-0.39, 0.29) is 11.3 Å². The summed E-state index contributed by atoms with van der Waals surface area (Å²) in [6.07, 6.45) is 0. The number of hydrogen-bond acceptors (Lipinski definition) is 4. The van der Waals surface area contributed by atoms with E-state index in [0.717, 1.165) is 0 Å². The highest BCUT2D eigenvalue weighted by Crippen LogP contribution is 2.22. The van der Waals surface area contributed by atoms with Crippen molar-refractivity contribution in [3.63, 3.8) is 0 Å². The molecule has 0 aliphatic rings. The van der Waals surface area contributed by atoms with Crippen molar-refractivity contribution in [3.05, 3.63) is 28.2 Å². The lowest BCUT2D eigenvalue weighted by atomic mass is 10.2. The highest BCUT2D eigenvalue weighted by atomic mass is 79.9. The molecular weight excluding hydrogens is 252 g/mol. The number of benzene rings is 1. The fraction of sp³-hybridized carbons (Fsp3) is 0.111. The molecule has 0 unspecified atom stereocenters. The average molecular weight is 258 g/mol. The molecule has 0 aromatic heterocycles. The van der Waals surface area contributed by atoms with E-state index in [0.29, 0.717) is 4.47 Å². The third-order valence-electron chi connectivity index (χ3n) is 1.42. The molecule has 0 aliphatic carbocycles. The lowest BCUT2D eigenvalue weighted by Gasteiger charge is -2.09. The van der Waals surface area contributed by atoms with Crippen LogP contribution in [-0.4, -0.2) is 11.9 Å². The second-order valence-electron chi connectivity index (χ2n) is 2.52. The maximum atomic E-state index is 10.6. The Hall–Kier alpha value is -1.36. The molecule has 0 saturated heterocycles. The van der Waals surface area contributed by atoms with Gasteiger partial charge >= 0.3 is 5.97 Å². The summed E-state index contributed by atoms with van der Waals surface area (Å²) in [7, 11) is 0. The second kappa shape index (κ2) is 4.23. The molecule has 0 bridgehead atoms. The van der Waals surface area contributed by atoms with Gasteiger partial charge in [-0.3, -0.25) is 4.79 Å². The zero-order valence-electron chi connectivity index (χ0n) is 7.24. The van der Waals surface area contributed by atoms with Gasteiger partial charge in [0, 0.05) is 17.0 Å². The summed E-state index contributed by atoms with van der Waals surface area (Å²) in [5, 5.41) is 10.6. The lowest BCUT2D eigenvalue weighted by molar-refractivity contribution is -0.255. The number of hydrogen-bond donors (Lipinski definition) is 0. The first kappa shape index (κ1) is 10.7. The Balaban J connectivity index is 3.14. The first-order chi connectivity index (χ1) is 6.50. The van der Waals surface area contributed by atoms with Crippen molar-refractivity contribution in [3.8, 4) is 5.75 Å². The van der Waals surface area contributed by atoms with Gasteiger partial charge in [0.1, 0.15) is 5.75 Å². The molecule has 0 saturated carbocycles. The molecule has 0 spiro atoms. The number of carbonyl (C=O) groups excluding carboxylic acids is 2. The Morgan fingerprint density at radius 2 is 2.07 bits per heavy atom. The molecular formula is C9H6BrO4-. The number of carbonyl (C=O) groups is 2. The fourth-order valence-electron chi connectivity index (χ4n) is 0.906. The number of rotatable bonds is 2. The minimum Gasteiger partial charge on any atom is -0.545 e. The van der Waals surface area contributed by atoms with Crippen LogP contribution in [0.25, 0.3) is 0 Å². The summed E-state index contributed by atoms with van der Waals surface area (Å²) in [6, 6.07) is 4.27. The predicted molar refractivity (Wildman–Crippen MR) is 49.8 cm³/mol. The van der Waals surface area contributed by atoms with Gasteiger partial charge in [-0.2, -0.15) is 0 Å². The van der Waals surface area contributed by atoms with Gasteiger partial charge in [0.25, 0.3) is 0 Å². The zero-order chi connectivity index (χ0) is 10.7. The van der Waals surface area contributed by atoms with Crippen LogP contribution in [0.15, 0.2) is 22.7 Å². The number of ether oxygens (including phenoxy) is 1. The van der Waals surface area contributed by atoms with Crippen LogP contribution < -0.4 is 9.84 Å². The minimum absolute atomic E-state index is 0.0132. The first-order valence-electron chi connectivity index (χ1n) is 3.70. The van der Waals surface area contributed by atoms with Crippen molar-refractivity contribution in [1.82, 2.24) is 0 Å². The van der Waals surface area contributed by atoms with E-state index in [2.05, 4.69) is 20.7 Å². The van der Waals surface area contributed by atoms with Crippen molar-refractivity contribution >= 4 is 27.9 Å². The molecule has 1 aromatic carbocycles. The third kappa shape index (κ3) is 2.56. The molecule has 0 amide bonds. The standard InChI is InChI=1S/C9H7BrO4/c1-5(11)14-8-3-2-6(10)4-7(8)9(12)13/h2-4H,1H3,(H,12,13)/p-1. The highest BCUT2D eigenvalue weighted by molar-refractivity contribution is 9.10. The number of aromatic carboxylic acids is 1. The number of halogens is 1. The van der Waals surface area contributed by atoms with Crippen LogP contribution in [0.5, 0.6) is 5.75 Å². The van der Waals surface area contributed by atoms with E-state index in [1.165, 1.54) is 19.1 Å². The van der Waals surface area contributed by atoms with Gasteiger partial charge in [0.2, 0.25) is 0 Å². The molecule has 14 heavy (non-hydrogen) atoms. The molecule has 0 fully saturated rings. The van der Waals surface area contributed by atoms with Gasteiger partial charge in [-0.05, 0) is 18.2 Å². The SMILES string of the molecule is CC(=O)Oc1ccc(Br)cc1C(=O)[O-]. The Morgan fingerprint density at radius 3 is 2.57 bits per heavy atom. The summed E-state index contributed by atoms with van der Waals surface area (Å²) >= 11 is 3.10. The molecule has 5 heteroatoms. The van der Waals surface area contributed by atoms with Crippen molar-refractivity contribution < 1.29 is 19.4 Å². The molecule has 0 aliphatic heterocycles. The average Bonchev–Trinajstić information content (AvgIpc) is 2.07. The van der Waals surface area contributed by atoms with E-state index >= 15 is 0 Å². The van der Waals surface area contributed by atoms with Gasteiger partial charge in [0.15, 0.2) is 0 Å². The minimum atomic E-state index is -1.39. The van der Waals surface area contributed by atoms with Gasteiger partial charge in [0.05, 0.1) is 5.97 Å². The van der Waals surface area contributed by atoms with Crippen molar-refractivity contribution in [2.24, 2.45) is 0 Å². The quantitative estimate of drug-likeness (QED) is 0.579. The van der Waals surface area contributed by atoms with Gasteiger partial charge in [-0.1, -0.05) is 15.9 Å². The van der Waals surface area contributed by atoms with Crippen LogP contribution in [0.3, 0.4) is 0 Å². The molecule has 74 valence electrons. The number of esters is 1. The van der Waals surface area contributed by atoms with Crippen molar-refractivity contribution in [2.45, 2.75) is 6.92 Å². The maximum Gasteiger partial charge on any atom is 0.308 e. The van der Waals surface area contributed by atoms with Gasteiger partial charge in [-0.25, -0.2) is 0 Å². The zero-order valence-corrected chi connectivity index (χ0v) is 8.83. The van der Waals surface area contributed by atoms with E-state index in [9.17, 15) is 14.7 Å². The first-order valence-corrected chi connectivity index (χ1v) is 4.49. The monoisotopic (exact) mass is 257 g/mol. The van der Waals surface area contributed by atoms with Gasteiger partial charge < -0.3 is 14.6 Å². The Morgan fingerprint density at radius 1 is 1.43 bits per heavy atom. The molecule has 0 radical (unpaired) electrons.